The lowest BCUT2D eigenvalue weighted by atomic mass is 10.1. The van der Waals surface area contributed by atoms with Crippen molar-refractivity contribution < 1.29 is 9.90 Å². The molecule has 1 aromatic carbocycles. The molecule has 0 atom stereocenters. The van der Waals surface area contributed by atoms with Crippen molar-refractivity contribution in [2.75, 3.05) is 0 Å². The van der Waals surface area contributed by atoms with E-state index in [2.05, 4.69) is 9.97 Å². The van der Waals surface area contributed by atoms with Crippen LogP contribution in [0.2, 0.25) is 0 Å². The first kappa shape index (κ1) is 13.0. The first-order valence-corrected chi connectivity index (χ1v) is 7.57. The first-order valence-electron chi connectivity index (χ1n) is 5.87. The van der Waals surface area contributed by atoms with E-state index >= 15 is 0 Å². The van der Waals surface area contributed by atoms with E-state index in [-0.39, 0.29) is 4.88 Å². The predicted octanol–water partition coefficient (Wildman–Crippen LogP) is 3.94. The molecule has 0 radical (unpaired) electrons. The van der Waals surface area contributed by atoms with Crippen LogP contribution in [0.25, 0.3) is 22.0 Å². The zero-order valence-electron chi connectivity index (χ0n) is 10.5. The Kier molecular flexibility index (Phi) is 3.33. The second-order valence-corrected chi connectivity index (χ2v) is 6.18. The van der Waals surface area contributed by atoms with Gasteiger partial charge in [0.25, 0.3) is 0 Å². The summed E-state index contributed by atoms with van der Waals surface area (Å²) in [6.07, 6.45) is 0. The third-order valence-corrected chi connectivity index (χ3v) is 4.55. The molecule has 0 saturated carbocycles. The van der Waals surface area contributed by atoms with E-state index in [9.17, 15) is 9.90 Å². The molecule has 1 N–H and O–H groups in total. The van der Waals surface area contributed by atoms with Gasteiger partial charge < -0.3 is 5.11 Å². The Morgan fingerprint density at radius 1 is 1.20 bits per heavy atom. The lowest BCUT2D eigenvalue weighted by Gasteiger charge is -1.97. The smallest absolute Gasteiger partial charge is 0.348 e. The Morgan fingerprint density at radius 3 is 2.55 bits per heavy atom. The van der Waals surface area contributed by atoms with Crippen LogP contribution >= 0.6 is 22.7 Å². The van der Waals surface area contributed by atoms with E-state index < -0.39 is 5.97 Å². The Labute approximate surface area is 123 Å². The summed E-state index contributed by atoms with van der Waals surface area (Å²) in [5.74, 6) is -0.959. The minimum atomic E-state index is -0.959. The minimum absolute atomic E-state index is 0.247. The highest BCUT2D eigenvalue weighted by molar-refractivity contribution is 7.17. The van der Waals surface area contributed by atoms with E-state index in [1.54, 1.807) is 0 Å². The first-order chi connectivity index (χ1) is 9.65. The van der Waals surface area contributed by atoms with Crippen LogP contribution in [0.3, 0.4) is 0 Å². The molecule has 2 aromatic heterocycles. The summed E-state index contributed by atoms with van der Waals surface area (Å²) in [5, 5.41) is 12.8. The van der Waals surface area contributed by atoms with E-state index in [0.717, 1.165) is 27.6 Å². The molecular formula is C14H10N2O2S2. The van der Waals surface area contributed by atoms with Gasteiger partial charge in [0.1, 0.15) is 15.6 Å². The Morgan fingerprint density at radius 2 is 1.95 bits per heavy atom. The molecule has 0 saturated heterocycles. The molecule has 0 unspecified atom stereocenters. The quantitative estimate of drug-likeness (QED) is 0.796. The molecule has 2 heterocycles. The zero-order valence-corrected chi connectivity index (χ0v) is 12.2. The number of rotatable bonds is 3. The molecule has 3 rings (SSSR count). The maximum absolute atomic E-state index is 11.4. The number of aromatic carboxylic acids is 1. The maximum Gasteiger partial charge on any atom is 0.348 e. The van der Waals surface area contributed by atoms with Gasteiger partial charge in [-0.25, -0.2) is 14.8 Å². The van der Waals surface area contributed by atoms with Crippen LogP contribution in [-0.2, 0) is 0 Å². The van der Waals surface area contributed by atoms with Gasteiger partial charge in [-0.3, -0.25) is 0 Å². The standard InChI is InChI=1S/C14H10N2O2S2/c1-8-15-10(7-19-8)13-16-11(12(20-13)14(17)18)9-5-3-2-4-6-9/h2-7H,1H3,(H,17,18). The molecular weight excluding hydrogens is 292 g/mol. The summed E-state index contributed by atoms with van der Waals surface area (Å²) in [6, 6.07) is 9.34. The van der Waals surface area contributed by atoms with Crippen LogP contribution in [0.1, 0.15) is 14.7 Å². The molecule has 3 aromatic rings. The molecule has 0 aliphatic carbocycles. The van der Waals surface area contributed by atoms with Crippen molar-refractivity contribution in [1.82, 2.24) is 9.97 Å². The number of carboxylic acid groups (broad SMARTS) is 1. The molecule has 100 valence electrons. The van der Waals surface area contributed by atoms with Gasteiger partial charge in [0, 0.05) is 10.9 Å². The highest BCUT2D eigenvalue weighted by Crippen LogP contribution is 2.34. The van der Waals surface area contributed by atoms with Crippen molar-refractivity contribution in [3.05, 3.63) is 45.6 Å². The van der Waals surface area contributed by atoms with Crippen molar-refractivity contribution in [1.29, 1.82) is 0 Å². The highest BCUT2D eigenvalue weighted by atomic mass is 32.1. The fourth-order valence-corrected chi connectivity index (χ4v) is 3.39. The summed E-state index contributed by atoms with van der Waals surface area (Å²) in [7, 11) is 0. The predicted molar refractivity (Wildman–Crippen MR) is 80.4 cm³/mol. The lowest BCUT2D eigenvalue weighted by Crippen LogP contribution is -1.95. The summed E-state index contributed by atoms with van der Waals surface area (Å²) in [6.45, 7) is 1.91. The van der Waals surface area contributed by atoms with Crippen LogP contribution in [0, 0.1) is 6.92 Å². The van der Waals surface area contributed by atoms with E-state index in [0.29, 0.717) is 10.7 Å². The van der Waals surface area contributed by atoms with Crippen LogP contribution in [0.4, 0.5) is 0 Å². The number of hydrogen-bond acceptors (Lipinski definition) is 5. The van der Waals surface area contributed by atoms with Crippen LogP contribution in [-0.4, -0.2) is 21.0 Å². The monoisotopic (exact) mass is 302 g/mol. The fraction of sp³-hybridized carbons (Fsp3) is 0.0714. The summed E-state index contributed by atoms with van der Waals surface area (Å²) >= 11 is 2.69. The van der Waals surface area contributed by atoms with Crippen molar-refractivity contribution in [2.24, 2.45) is 0 Å². The highest BCUT2D eigenvalue weighted by Gasteiger charge is 2.20. The van der Waals surface area contributed by atoms with E-state index in [4.69, 9.17) is 0 Å². The van der Waals surface area contributed by atoms with Crippen molar-refractivity contribution in [3.63, 3.8) is 0 Å². The number of aromatic nitrogens is 2. The maximum atomic E-state index is 11.4. The second kappa shape index (κ2) is 5.15. The molecule has 0 fully saturated rings. The van der Waals surface area contributed by atoms with Gasteiger partial charge in [0.2, 0.25) is 0 Å². The third kappa shape index (κ3) is 2.35. The van der Waals surface area contributed by atoms with Gasteiger partial charge >= 0.3 is 5.97 Å². The Hall–Kier alpha value is -2.05. The van der Waals surface area contributed by atoms with Gasteiger partial charge in [-0.15, -0.1) is 22.7 Å². The van der Waals surface area contributed by atoms with Crippen LogP contribution < -0.4 is 0 Å². The van der Waals surface area contributed by atoms with Gasteiger partial charge in [-0.2, -0.15) is 0 Å². The summed E-state index contributed by atoms with van der Waals surface area (Å²) in [4.78, 5) is 20.5. The molecule has 6 heteroatoms. The number of carbonyl (C=O) groups is 1. The largest absolute Gasteiger partial charge is 0.477 e. The van der Waals surface area contributed by atoms with Gasteiger partial charge in [0.15, 0.2) is 0 Å². The minimum Gasteiger partial charge on any atom is -0.477 e. The van der Waals surface area contributed by atoms with Crippen molar-refractivity contribution >= 4 is 28.6 Å². The average Bonchev–Trinajstić information content (AvgIpc) is 3.05. The molecule has 20 heavy (non-hydrogen) atoms. The number of aryl methyl sites for hydroxylation is 1. The number of carboxylic acids is 1. The summed E-state index contributed by atoms with van der Waals surface area (Å²) < 4.78 is 0. The Bertz CT molecular complexity index is 763. The molecule has 4 nitrogen and oxygen atoms in total. The molecule has 0 bridgehead atoms. The second-order valence-electron chi connectivity index (χ2n) is 4.12. The number of nitrogens with zero attached hydrogens (tertiary/aromatic N) is 2. The summed E-state index contributed by atoms with van der Waals surface area (Å²) in [5.41, 5.74) is 2.05. The van der Waals surface area contributed by atoms with Crippen LogP contribution in [0.5, 0.6) is 0 Å². The number of thiazole rings is 2. The van der Waals surface area contributed by atoms with E-state index in [1.807, 2.05) is 42.6 Å². The van der Waals surface area contributed by atoms with Crippen LogP contribution in [0.15, 0.2) is 35.7 Å². The fourth-order valence-electron chi connectivity index (χ4n) is 1.83. The number of hydrogen-bond donors (Lipinski definition) is 1. The average molecular weight is 302 g/mol. The lowest BCUT2D eigenvalue weighted by molar-refractivity contribution is 0.0702. The molecule has 0 aliphatic heterocycles. The Balaban J connectivity index is 2.15. The van der Waals surface area contributed by atoms with Gasteiger partial charge in [-0.1, -0.05) is 30.3 Å². The topological polar surface area (TPSA) is 63.1 Å². The van der Waals surface area contributed by atoms with Crippen molar-refractivity contribution in [2.45, 2.75) is 6.92 Å². The number of benzene rings is 1. The van der Waals surface area contributed by atoms with Gasteiger partial charge in [-0.05, 0) is 6.92 Å². The normalized spacial score (nSPS) is 10.7. The molecule has 0 amide bonds. The van der Waals surface area contributed by atoms with Gasteiger partial charge in [0.05, 0.1) is 10.7 Å². The SMILES string of the molecule is Cc1nc(-c2nc(-c3ccccc3)c(C(=O)O)s2)cs1. The molecule has 0 spiro atoms. The zero-order chi connectivity index (χ0) is 14.1. The van der Waals surface area contributed by atoms with E-state index in [1.165, 1.54) is 11.3 Å². The van der Waals surface area contributed by atoms with Crippen molar-refractivity contribution in [3.8, 4) is 22.0 Å². The molecule has 0 aliphatic rings. The third-order valence-electron chi connectivity index (χ3n) is 2.71.